The number of hydrogen-bond donors (Lipinski definition) is 0. The van der Waals surface area contributed by atoms with Gasteiger partial charge in [-0.2, -0.15) is 0 Å². The van der Waals surface area contributed by atoms with Gasteiger partial charge >= 0.3 is 0 Å². The van der Waals surface area contributed by atoms with Crippen LogP contribution in [0.2, 0.25) is 25.2 Å². The summed E-state index contributed by atoms with van der Waals surface area (Å²) < 4.78 is 6.23. The average Bonchev–Trinajstić information content (AvgIpc) is 2.64. The fraction of sp³-hybridized carbons (Fsp3) is 0.588. The quantitative estimate of drug-likeness (QED) is 0.717. The molecule has 1 heterocycles. The van der Waals surface area contributed by atoms with Crippen molar-refractivity contribution >= 4 is 13.9 Å². The number of fused-ring (bicyclic) bond motifs is 2. The minimum atomic E-state index is -1.29. The molecule has 0 amide bonds. The Morgan fingerprint density at radius 3 is 2.55 bits per heavy atom. The van der Waals surface area contributed by atoms with Crippen molar-refractivity contribution in [2.24, 2.45) is 11.3 Å². The summed E-state index contributed by atoms with van der Waals surface area (Å²) in [6, 6.07) is 7.72. The van der Waals surface area contributed by atoms with E-state index in [4.69, 9.17) is 4.74 Å². The van der Waals surface area contributed by atoms with Gasteiger partial charge in [-0.1, -0.05) is 38.7 Å². The lowest BCUT2D eigenvalue weighted by Crippen LogP contribution is -2.46. The summed E-state index contributed by atoms with van der Waals surface area (Å²) in [6.45, 7) is 11.6. The predicted octanol–water partition coefficient (Wildman–Crippen LogP) is 4.38. The molecule has 0 bridgehead atoms. The van der Waals surface area contributed by atoms with E-state index in [1.54, 1.807) is 0 Å². The number of ketones is 1. The molecule has 4 atom stereocenters. The normalized spacial score (nSPS) is 36.2. The van der Waals surface area contributed by atoms with E-state index in [1.807, 2.05) is 24.3 Å². The van der Waals surface area contributed by atoms with Crippen LogP contribution < -0.4 is 4.74 Å². The first kappa shape index (κ1) is 13.9. The lowest BCUT2D eigenvalue weighted by molar-refractivity contribution is 0.0349. The van der Waals surface area contributed by atoms with Crippen molar-refractivity contribution < 1.29 is 9.53 Å². The summed E-state index contributed by atoms with van der Waals surface area (Å²) in [6.07, 6.45) is 1.09. The highest BCUT2D eigenvalue weighted by Gasteiger charge is 2.60. The summed E-state index contributed by atoms with van der Waals surface area (Å²) in [5.41, 5.74) is 1.07. The second-order valence-electron chi connectivity index (χ2n) is 7.71. The summed E-state index contributed by atoms with van der Waals surface area (Å²) in [5.74, 6) is 1.47. The van der Waals surface area contributed by atoms with E-state index in [1.165, 1.54) is 0 Å². The molecule has 3 heteroatoms. The highest BCUT2D eigenvalue weighted by atomic mass is 28.3. The molecule has 1 fully saturated rings. The predicted molar refractivity (Wildman–Crippen MR) is 84.2 cm³/mol. The van der Waals surface area contributed by atoms with Gasteiger partial charge in [-0.15, -0.1) is 0 Å². The second kappa shape index (κ2) is 4.20. The van der Waals surface area contributed by atoms with E-state index in [0.29, 0.717) is 11.5 Å². The van der Waals surface area contributed by atoms with Crippen LogP contribution in [0.25, 0.3) is 0 Å². The number of carbonyl (C=O) groups is 1. The number of carbonyl (C=O) groups excluding carboxylic acids is 1. The van der Waals surface area contributed by atoms with Gasteiger partial charge in [0.1, 0.15) is 11.9 Å². The summed E-state index contributed by atoms with van der Waals surface area (Å²) >= 11 is 0. The van der Waals surface area contributed by atoms with Crippen molar-refractivity contribution in [2.75, 3.05) is 0 Å². The zero-order valence-corrected chi connectivity index (χ0v) is 14.1. The fourth-order valence-corrected chi connectivity index (χ4v) is 6.99. The molecule has 1 aliphatic heterocycles. The molecule has 3 rings (SSSR count). The highest BCUT2D eigenvalue weighted by molar-refractivity contribution is 6.77. The Kier molecular flexibility index (Phi) is 2.91. The number of rotatable bonds is 1. The smallest absolute Gasteiger partial charge is 0.176 e. The van der Waals surface area contributed by atoms with Gasteiger partial charge in [0.25, 0.3) is 0 Å². The van der Waals surface area contributed by atoms with Crippen molar-refractivity contribution in [3.63, 3.8) is 0 Å². The standard InChI is InChI=1S/C17H24O2Si/c1-11-14(20(3,4)5)10-15-17(11,2)16(18)12-8-6-7-9-13(12)19-15/h6-9,11,14-15H,10H2,1-5H3/t11-,14+,15-,17+/m0/s1. The largest absolute Gasteiger partial charge is 0.489 e. The molecular formula is C17H24O2Si. The monoisotopic (exact) mass is 288 g/mol. The van der Waals surface area contributed by atoms with E-state index in [0.717, 1.165) is 17.7 Å². The van der Waals surface area contributed by atoms with Crippen LogP contribution in [0.1, 0.15) is 30.6 Å². The van der Waals surface area contributed by atoms with Crippen molar-refractivity contribution in [1.82, 2.24) is 0 Å². The summed E-state index contributed by atoms with van der Waals surface area (Å²) in [5, 5.41) is 0. The van der Waals surface area contributed by atoms with Crippen molar-refractivity contribution in [1.29, 1.82) is 0 Å². The summed E-state index contributed by atoms with van der Waals surface area (Å²) in [7, 11) is -1.29. The third-order valence-electron chi connectivity index (χ3n) is 5.69. The van der Waals surface area contributed by atoms with Crippen molar-refractivity contribution in [3.8, 4) is 5.75 Å². The maximum Gasteiger partial charge on any atom is 0.176 e. The van der Waals surface area contributed by atoms with Gasteiger partial charge in [-0.25, -0.2) is 0 Å². The topological polar surface area (TPSA) is 26.3 Å². The molecule has 2 nitrogen and oxygen atoms in total. The Morgan fingerprint density at radius 1 is 1.25 bits per heavy atom. The van der Waals surface area contributed by atoms with Gasteiger partial charge < -0.3 is 4.74 Å². The molecular weight excluding hydrogens is 264 g/mol. The molecule has 20 heavy (non-hydrogen) atoms. The number of hydrogen-bond acceptors (Lipinski definition) is 2. The first-order chi connectivity index (χ1) is 9.26. The Labute approximate surface area is 122 Å². The van der Waals surface area contributed by atoms with E-state index in [2.05, 4.69) is 33.5 Å². The van der Waals surface area contributed by atoms with E-state index in [9.17, 15) is 4.79 Å². The molecule has 2 aliphatic rings. The van der Waals surface area contributed by atoms with E-state index < -0.39 is 8.07 Å². The van der Waals surface area contributed by atoms with Crippen molar-refractivity contribution in [2.45, 2.75) is 51.6 Å². The minimum absolute atomic E-state index is 0.0524. The third-order valence-corrected chi connectivity index (χ3v) is 8.65. The molecule has 0 unspecified atom stereocenters. The number of Topliss-reactive ketones (excluding diaryl/α,β-unsaturated/α-hetero) is 1. The average molecular weight is 288 g/mol. The van der Waals surface area contributed by atoms with Crippen LogP contribution in [0, 0.1) is 11.3 Å². The number of benzene rings is 1. The molecule has 0 aromatic heterocycles. The van der Waals surface area contributed by atoms with Gasteiger partial charge in [0, 0.05) is 8.07 Å². The maximum atomic E-state index is 13.0. The molecule has 1 aliphatic carbocycles. The Hall–Kier alpha value is -1.09. The molecule has 0 radical (unpaired) electrons. The second-order valence-corrected chi connectivity index (χ2v) is 13.2. The molecule has 1 aromatic carbocycles. The summed E-state index contributed by atoms with van der Waals surface area (Å²) in [4.78, 5) is 13.0. The fourth-order valence-electron chi connectivity index (χ4n) is 4.22. The highest BCUT2D eigenvalue weighted by Crippen LogP contribution is 2.58. The van der Waals surface area contributed by atoms with Crippen LogP contribution in [0.4, 0.5) is 0 Å². The molecule has 0 N–H and O–H groups in total. The first-order valence-electron chi connectivity index (χ1n) is 7.56. The van der Waals surface area contributed by atoms with Crippen molar-refractivity contribution in [3.05, 3.63) is 29.8 Å². The minimum Gasteiger partial charge on any atom is -0.489 e. The Balaban J connectivity index is 2.06. The maximum absolute atomic E-state index is 13.0. The number of para-hydroxylation sites is 1. The molecule has 108 valence electrons. The number of ether oxygens (including phenoxy) is 1. The third kappa shape index (κ3) is 1.72. The van der Waals surface area contributed by atoms with Gasteiger partial charge in [-0.05, 0) is 36.9 Å². The Morgan fingerprint density at radius 2 is 1.90 bits per heavy atom. The lowest BCUT2D eigenvalue weighted by Gasteiger charge is -2.39. The van der Waals surface area contributed by atoms with Gasteiger partial charge in [0.2, 0.25) is 0 Å². The molecule has 0 saturated heterocycles. The van der Waals surface area contributed by atoms with E-state index >= 15 is 0 Å². The van der Waals surface area contributed by atoms with Gasteiger partial charge in [-0.3, -0.25) is 4.79 Å². The van der Waals surface area contributed by atoms with Crippen LogP contribution in [-0.2, 0) is 0 Å². The van der Waals surface area contributed by atoms with Crippen LogP contribution in [0.15, 0.2) is 24.3 Å². The SMILES string of the molecule is C[C@H]1[C@H]([Si](C)(C)C)C[C@@H]2Oc3ccccc3C(=O)[C@@]21C. The molecule has 1 saturated carbocycles. The van der Waals surface area contributed by atoms with Crippen LogP contribution >= 0.6 is 0 Å². The first-order valence-corrected chi connectivity index (χ1v) is 11.1. The lowest BCUT2D eigenvalue weighted by atomic mass is 9.71. The van der Waals surface area contributed by atoms with Gasteiger partial charge in [0.05, 0.1) is 11.0 Å². The van der Waals surface area contributed by atoms with E-state index in [-0.39, 0.29) is 17.3 Å². The zero-order chi connectivity index (χ0) is 14.7. The molecule has 0 spiro atoms. The Bertz CT molecular complexity index is 560. The van der Waals surface area contributed by atoms with Crippen LogP contribution in [0.5, 0.6) is 5.75 Å². The molecule has 1 aromatic rings. The van der Waals surface area contributed by atoms with Gasteiger partial charge in [0.15, 0.2) is 5.78 Å². The zero-order valence-electron chi connectivity index (χ0n) is 13.1. The van der Waals surface area contributed by atoms with Crippen LogP contribution in [-0.4, -0.2) is 20.0 Å². The van der Waals surface area contributed by atoms with Crippen LogP contribution in [0.3, 0.4) is 0 Å².